The Morgan fingerprint density at radius 3 is 2.44 bits per heavy atom. The van der Waals surface area contributed by atoms with Crippen LogP contribution in [0, 0.1) is 11.8 Å². The van der Waals surface area contributed by atoms with E-state index in [0.717, 1.165) is 0 Å². The average molecular weight is 237 g/mol. The highest BCUT2D eigenvalue weighted by atomic mass is 35.5. The van der Waals surface area contributed by atoms with Crippen LogP contribution < -0.4 is 0 Å². The summed E-state index contributed by atoms with van der Waals surface area (Å²) in [6.45, 7) is 0. The maximum absolute atomic E-state index is 11.2. The Morgan fingerprint density at radius 1 is 1.31 bits per heavy atom. The Morgan fingerprint density at radius 2 is 1.94 bits per heavy atom. The minimum Gasteiger partial charge on any atom is -0.459 e. The summed E-state index contributed by atoms with van der Waals surface area (Å²) in [5.41, 5.74) is 1.16. The quantitative estimate of drug-likeness (QED) is 0.339. The van der Waals surface area contributed by atoms with Crippen LogP contribution in [0.5, 0.6) is 0 Å². The summed E-state index contributed by atoms with van der Waals surface area (Å²) in [4.78, 5) is 21.9. The number of ether oxygens (including phenoxy) is 1. The largest absolute Gasteiger partial charge is 0.459 e. The summed E-state index contributed by atoms with van der Waals surface area (Å²) < 4.78 is 4.37. The molecule has 1 aromatic rings. The molecule has 0 unspecified atom stereocenters. The Bertz CT molecular complexity index is 451. The fourth-order valence-electron chi connectivity index (χ4n) is 0.991. The lowest BCUT2D eigenvalue weighted by molar-refractivity contribution is -0.133. The SMILES string of the molecule is COC(=O)C#Cc1ccc(C(=O)CCl)cc1. The molecule has 0 saturated carbocycles. The van der Waals surface area contributed by atoms with Crippen molar-refractivity contribution in [2.75, 3.05) is 13.0 Å². The van der Waals surface area contributed by atoms with Gasteiger partial charge in [-0.05, 0) is 12.1 Å². The van der Waals surface area contributed by atoms with Gasteiger partial charge in [0.15, 0.2) is 5.78 Å². The van der Waals surface area contributed by atoms with Crippen LogP contribution in [0.1, 0.15) is 15.9 Å². The molecule has 0 aliphatic carbocycles. The van der Waals surface area contributed by atoms with Crippen molar-refractivity contribution >= 4 is 23.4 Å². The molecule has 0 aliphatic heterocycles. The topological polar surface area (TPSA) is 43.4 Å². The molecule has 0 aromatic heterocycles. The molecule has 1 rings (SSSR count). The van der Waals surface area contributed by atoms with E-state index in [9.17, 15) is 9.59 Å². The number of methoxy groups -OCH3 is 1. The molecule has 0 atom stereocenters. The first kappa shape index (κ1) is 12.3. The van der Waals surface area contributed by atoms with Crippen LogP contribution >= 0.6 is 11.6 Å². The second kappa shape index (κ2) is 5.94. The minimum atomic E-state index is -0.596. The van der Waals surface area contributed by atoms with Gasteiger partial charge in [-0.15, -0.1) is 11.6 Å². The van der Waals surface area contributed by atoms with E-state index in [1.807, 2.05) is 0 Å². The molecule has 0 fully saturated rings. The van der Waals surface area contributed by atoms with E-state index < -0.39 is 5.97 Å². The highest BCUT2D eigenvalue weighted by molar-refractivity contribution is 6.30. The number of hydrogen-bond donors (Lipinski definition) is 0. The van der Waals surface area contributed by atoms with Gasteiger partial charge in [-0.3, -0.25) is 4.79 Å². The van der Waals surface area contributed by atoms with Crippen molar-refractivity contribution in [1.29, 1.82) is 0 Å². The van der Waals surface area contributed by atoms with Gasteiger partial charge in [-0.25, -0.2) is 4.79 Å². The van der Waals surface area contributed by atoms with Crippen molar-refractivity contribution < 1.29 is 14.3 Å². The molecule has 3 nitrogen and oxygen atoms in total. The van der Waals surface area contributed by atoms with Crippen molar-refractivity contribution in [3.05, 3.63) is 35.4 Å². The molecular weight excluding hydrogens is 228 g/mol. The van der Waals surface area contributed by atoms with E-state index in [2.05, 4.69) is 16.6 Å². The Labute approximate surface area is 98.4 Å². The van der Waals surface area contributed by atoms with Crippen LogP contribution in [0.4, 0.5) is 0 Å². The van der Waals surface area contributed by atoms with Crippen molar-refractivity contribution in [2.24, 2.45) is 0 Å². The predicted molar refractivity (Wildman–Crippen MR) is 60.4 cm³/mol. The van der Waals surface area contributed by atoms with Crippen LogP contribution in [0.15, 0.2) is 24.3 Å². The van der Waals surface area contributed by atoms with Gasteiger partial charge in [0.25, 0.3) is 0 Å². The zero-order valence-corrected chi connectivity index (χ0v) is 9.38. The first-order valence-electron chi connectivity index (χ1n) is 4.46. The third kappa shape index (κ3) is 3.41. The van der Waals surface area contributed by atoms with E-state index in [4.69, 9.17) is 11.6 Å². The summed E-state index contributed by atoms with van der Waals surface area (Å²) in [7, 11) is 1.26. The van der Waals surface area contributed by atoms with E-state index >= 15 is 0 Å². The molecule has 0 saturated heterocycles. The van der Waals surface area contributed by atoms with Crippen LogP contribution in [0.3, 0.4) is 0 Å². The second-order valence-electron chi connectivity index (χ2n) is 2.88. The van der Waals surface area contributed by atoms with Crippen LogP contribution in [0.2, 0.25) is 0 Å². The number of halogens is 1. The van der Waals surface area contributed by atoms with Crippen molar-refractivity contribution in [3.63, 3.8) is 0 Å². The number of rotatable bonds is 2. The first-order valence-corrected chi connectivity index (χ1v) is 5.00. The van der Waals surface area contributed by atoms with E-state index in [1.165, 1.54) is 7.11 Å². The van der Waals surface area contributed by atoms with Crippen LogP contribution in [-0.2, 0) is 9.53 Å². The average Bonchev–Trinajstić information content (AvgIpc) is 2.35. The predicted octanol–water partition coefficient (Wildman–Crippen LogP) is 1.63. The van der Waals surface area contributed by atoms with Crippen molar-refractivity contribution in [3.8, 4) is 11.8 Å². The molecule has 82 valence electrons. The number of esters is 1. The summed E-state index contributed by atoms with van der Waals surface area (Å²) in [5, 5.41) is 0. The number of benzene rings is 1. The molecule has 0 heterocycles. The van der Waals surface area contributed by atoms with Crippen LogP contribution in [0.25, 0.3) is 0 Å². The van der Waals surface area contributed by atoms with E-state index in [-0.39, 0.29) is 11.7 Å². The maximum Gasteiger partial charge on any atom is 0.384 e. The van der Waals surface area contributed by atoms with Gasteiger partial charge >= 0.3 is 5.97 Å². The summed E-state index contributed by atoms with van der Waals surface area (Å²) in [6.07, 6.45) is 0. The van der Waals surface area contributed by atoms with Gasteiger partial charge in [0, 0.05) is 17.0 Å². The zero-order chi connectivity index (χ0) is 12.0. The molecule has 1 aromatic carbocycles. The lowest BCUT2D eigenvalue weighted by atomic mass is 10.1. The Kier molecular flexibility index (Phi) is 4.56. The first-order chi connectivity index (χ1) is 7.67. The lowest BCUT2D eigenvalue weighted by Crippen LogP contribution is -1.99. The summed E-state index contributed by atoms with van der Waals surface area (Å²) in [5.74, 6) is 4.11. The lowest BCUT2D eigenvalue weighted by Gasteiger charge is -1.96. The van der Waals surface area contributed by atoms with Gasteiger partial charge in [0.05, 0.1) is 13.0 Å². The van der Waals surface area contributed by atoms with Gasteiger partial charge < -0.3 is 4.74 Å². The highest BCUT2D eigenvalue weighted by Gasteiger charge is 2.02. The smallest absolute Gasteiger partial charge is 0.384 e. The number of carbonyl (C=O) groups excluding carboxylic acids is 2. The molecule has 0 N–H and O–H groups in total. The van der Waals surface area contributed by atoms with E-state index in [0.29, 0.717) is 11.1 Å². The summed E-state index contributed by atoms with van der Waals surface area (Å²) >= 11 is 5.41. The Balaban J connectivity index is 2.82. The zero-order valence-electron chi connectivity index (χ0n) is 8.62. The molecule has 0 bridgehead atoms. The van der Waals surface area contributed by atoms with Gasteiger partial charge in [0.1, 0.15) is 0 Å². The molecule has 0 amide bonds. The molecule has 0 radical (unpaired) electrons. The summed E-state index contributed by atoms with van der Waals surface area (Å²) in [6, 6.07) is 6.53. The third-order valence-electron chi connectivity index (χ3n) is 1.82. The fourth-order valence-corrected chi connectivity index (χ4v) is 1.15. The number of Topliss-reactive ketones (excluding diaryl/α,β-unsaturated/α-hetero) is 1. The third-order valence-corrected chi connectivity index (χ3v) is 2.07. The number of alkyl halides is 1. The van der Waals surface area contributed by atoms with Gasteiger partial charge in [-0.1, -0.05) is 18.1 Å². The maximum atomic E-state index is 11.2. The van der Waals surface area contributed by atoms with Crippen molar-refractivity contribution in [1.82, 2.24) is 0 Å². The number of carbonyl (C=O) groups is 2. The fraction of sp³-hybridized carbons (Fsp3) is 0.167. The molecule has 0 spiro atoms. The molecule has 4 heteroatoms. The highest BCUT2D eigenvalue weighted by Crippen LogP contribution is 2.05. The van der Waals surface area contributed by atoms with E-state index in [1.54, 1.807) is 24.3 Å². The molecule has 16 heavy (non-hydrogen) atoms. The van der Waals surface area contributed by atoms with Crippen molar-refractivity contribution in [2.45, 2.75) is 0 Å². The standard InChI is InChI=1S/C12H9ClO3/c1-16-12(15)7-4-9-2-5-10(6-3-9)11(14)8-13/h2-3,5-6H,8H2,1H3. The number of hydrogen-bond acceptors (Lipinski definition) is 3. The van der Waals surface area contributed by atoms with Crippen LogP contribution in [-0.4, -0.2) is 24.7 Å². The monoisotopic (exact) mass is 236 g/mol. The number of ketones is 1. The normalized spacial score (nSPS) is 8.88. The molecule has 0 aliphatic rings. The van der Waals surface area contributed by atoms with Gasteiger partial charge in [-0.2, -0.15) is 0 Å². The van der Waals surface area contributed by atoms with Gasteiger partial charge in [0.2, 0.25) is 0 Å². The minimum absolute atomic E-state index is 0.0484. The Hall–Kier alpha value is -1.79. The second-order valence-corrected chi connectivity index (χ2v) is 3.14. The molecular formula is C12H9ClO3.